The van der Waals surface area contributed by atoms with E-state index in [0.717, 1.165) is 6.07 Å². The first-order valence-corrected chi connectivity index (χ1v) is 4.63. The van der Waals surface area contributed by atoms with Crippen molar-refractivity contribution in [2.75, 3.05) is 13.2 Å². The summed E-state index contributed by atoms with van der Waals surface area (Å²) in [6, 6.07) is 3.68. The van der Waals surface area contributed by atoms with Gasteiger partial charge >= 0.3 is 6.18 Å². The molecule has 0 fully saturated rings. The monoisotopic (exact) mass is 234 g/mol. The van der Waals surface area contributed by atoms with Crippen LogP contribution in [0.1, 0.15) is 11.7 Å². The number of fused-ring (bicyclic) bond motifs is 1. The van der Waals surface area contributed by atoms with Crippen molar-refractivity contribution in [3.63, 3.8) is 0 Å². The van der Waals surface area contributed by atoms with E-state index < -0.39 is 12.3 Å². The molecule has 3 nitrogen and oxygen atoms in total. The van der Waals surface area contributed by atoms with Crippen LogP contribution in [0.2, 0.25) is 0 Å². The molecule has 1 heterocycles. The van der Waals surface area contributed by atoms with Gasteiger partial charge in [-0.15, -0.1) is 0 Å². The molecule has 16 heavy (non-hydrogen) atoms. The van der Waals surface area contributed by atoms with Crippen molar-refractivity contribution in [1.82, 2.24) is 0 Å². The summed E-state index contributed by atoms with van der Waals surface area (Å²) in [6.45, 7) is 0.659. The highest BCUT2D eigenvalue weighted by Crippen LogP contribution is 2.37. The molecule has 0 saturated heterocycles. The summed E-state index contributed by atoms with van der Waals surface area (Å²) in [4.78, 5) is 0. The van der Waals surface area contributed by atoms with Crippen molar-refractivity contribution in [2.45, 2.75) is 12.3 Å². The van der Waals surface area contributed by atoms with Gasteiger partial charge in [0.15, 0.2) is 17.6 Å². The van der Waals surface area contributed by atoms with E-state index >= 15 is 0 Å². The van der Waals surface area contributed by atoms with Crippen LogP contribution in [0.4, 0.5) is 13.2 Å². The van der Waals surface area contributed by atoms with Crippen LogP contribution in [0, 0.1) is 0 Å². The molecule has 1 aromatic carbocycles. The summed E-state index contributed by atoms with van der Waals surface area (Å²) in [5.74, 6) is 0.622. The van der Waals surface area contributed by atoms with E-state index in [0.29, 0.717) is 19.0 Å². The van der Waals surface area contributed by atoms with Crippen molar-refractivity contribution in [3.8, 4) is 11.5 Å². The van der Waals surface area contributed by atoms with Gasteiger partial charge in [-0.2, -0.15) is 13.2 Å². The Hall–Kier alpha value is -1.43. The Labute approximate surface area is 89.4 Å². The molecule has 6 heteroatoms. The van der Waals surface area contributed by atoms with Crippen LogP contribution in [-0.2, 0) is 0 Å². The number of aliphatic hydroxyl groups excluding tert-OH is 1. The Morgan fingerprint density at radius 1 is 1.12 bits per heavy atom. The Kier molecular flexibility index (Phi) is 2.67. The molecular weight excluding hydrogens is 225 g/mol. The van der Waals surface area contributed by atoms with Gasteiger partial charge in [0.05, 0.1) is 0 Å². The van der Waals surface area contributed by atoms with Gasteiger partial charge in [0.1, 0.15) is 13.2 Å². The van der Waals surface area contributed by atoms with Crippen molar-refractivity contribution in [3.05, 3.63) is 23.8 Å². The minimum atomic E-state index is -4.68. The van der Waals surface area contributed by atoms with Gasteiger partial charge < -0.3 is 14.6 Å². The number of alkyl halides is 3. The van der Waals surface area contributed by atoms with Crippen LogP contribution in [0.15, 0.2) is 18.2 Å². The molecule has 0 spiro atoms. The van der Waals surface area contributed by atoms with E-state index in [9.17, 15) is 13.2 Å². The summed E-state index contributed by atoms with van der Waals surface area (Å²) in [5, 5.41) is 9.04. The Morgan fingerprint density at radius 3 is 2.38 bits per heavy atom. The fourth-order valence-electron chi connectivity index (χ4n) is 1.42. The predicted octanol–water partition coefficient (Wildman–Crippen LogP) is 2.05. The number of ether oxygens (including phenoxy) is 2. The predicted molar refractivity (Wildman–Crippen MR) is 48.4 cm³/mol. The van der Waals surface area contributed by atoms with Gasteiger partial charge in [-0.1, -0.05) is 6.07 Å². The molecule has 1 aromatic rings. The van der Waals surface area contributed by atoms with Gasteiger partial charge in [0.25, 0.3) is 0 Å². The fraction of sp³-hybridized carbons (Fsp3) is 0.400. The zero-order valence-electron chi connectivity index (χ0n) is 8.12. The largest absolute Gasteiger partial charge is 0.486 e. The minimum Gasteiger partial charge on any atom is -0.486 e. The fourth-order valence-corrected chi connectivity index (χ4v) is 1.42. The standard InChI is InChI=1S/C10H9F3O3/c11-10(12,13)9(14)6-1-2-7-8(5-6)16-4-3-15-7/h1-2,5,9,14H,3-4H2. The van der Waals surface area contributed by atoms with Crippen LogP contribution < -0.4 is 9.47 Å². The van der Waals surface area contributed by atoms with E-state index in [4.69, 9.17) is 14.6 Å². The van der Waals surface area contributed by atoms with Crippen LogP contribution in [0.5, 0.6) is 11.5 Å². The van der Waals surface area contributed by atoms with Crippen molar-refractivity contribution in [2.24, 2.45) is 0 Å². The molecule has 1 unspecified atom stereocenters. The zero-order valence-corrected chi connectivity index (χ0v) is 8.12. The lowest BCUT2D eigenvalue weighted by atomic mass is 10.1. The van der Waals surface area contributed by atoms with Crippen molar-refractivity contribution >= 4 is 0 Å². The second-order valence-corrected chi connectivity index (χ2v) is 3.35. The molecule has 1 atom stereocenters. The van der Waals surface area contributed by atoms with Gasteiger partial charge in [-0.3, -0.25) is 0 Å². The molecule has 2 rings (SSSR count). The number of halogens is 3. The number of hydrogen-bond acceptors (Lipinski definition) is 3. The van der Waals surface area contributed by atoms with E-state index in [1.165, 1.54) is 12.1 Å². The summed E-state index contributed by atoms with van der Waals surface area (Å²) in [6.07, 6.45) is -7.17. The molecule has 0 aromatic heterocycles. The van der Waals surface area contributed by atoms with E-state index in [1.54, 1.807) is 0 Å². The normalized spacial score (nSPS) is 17.0. The number of aliphatic hydroxyl groups is 1. The van der Waals surface area contributed by atoms with E-state index in [-0.39, 0.29) is 11.3 Å². The number of benzene rings is 1. The zero-order chi connectivity index (χ0) is 11.8. The second kappa shape index (κ2) is 3.86. The number of hydrogen-bond donors (Lipinski definition) is 1. The molecule has 0 aliphatic carbocycles. The molecule has 0 radical (unpaired) electrons. The first-order valence-electron chi connectivity index (χ1n) is 4.63. The molecule has 0 amide bonds. The quantitative estimate of drug-likeness (QED) is 0.808. The maximum atomic E-state index is 12.2. The summed E-state index contributed by atoms with van der Waals surface area (Å²) in [5.41, 5.74) is -0.253. The van der Waals surface area contributed by atoms with E-state index in [2.05, 4.69) is 0 Å². The van der Waals surface area contributed by atoms with Crippen LogP contribution in [-0.4, -0.2) is 24.5 Å². The summed E-state index contributed by atoms with van der Waals surface area (Å²) >= 11 is 0. The van der Waals surface area contributed by atoms with Gasteiger partial charge in [0, 0.05) is 0 Å². The van der Waals surface area contributed by atoms with Crippen LogP contribution in [0.3, 0.4) is 0 Å². The highest BCUT2D eigenvalue weighted by molar-refractivity contribution is 5.44. The lowest BCUT2D eigenvalue weighted by molar-refractivity contribution is -0.206. The molecule has 88 valence electrons. The first kappa shape index (κ1) is 11.1. The van der Waals surface area contributed by atoms with Crippen molar-refractivity contribution in [1.29, 1.82) is 0 Å². The second-order valence-electron chi connectivity index (χ2n) is 3.35. The maximum Gasteiger partial charge on any atom is 0.418 e. The Balaban J connectivity index is 2.30. The van der Waals surface area contributed by atoms with E-state index in [1.807, 2.05) is 0 Å². The lowest BCUT2D eigenvalue weighted by Crippen LogP contribution is -2.21. The molecular formula is C10H9F3O3. The smallest absolute Gasteiger partial charge is 0.418 e. The SMILES string of the molecule is OC(c1ccc2c(c1)OCCO2)C(F)(F)F. The first-order chi connectivity index (χ1) is 7.48. The molecule has 0 bridgehead atoms. The summed E-state index contributed by atoms with van der Waals surface area (Å²) in [7, 11) is 0. The highest BCUT2D eigenvalue weighted by Gasteiger charge is 2.39. The van der Waals surface area contributed by atoms with Gasteiger partial charge in [-0.25, -0.2) is 0 Å². The highest BCUT2D eigenvalue weighted by atomic mass is 19.4. The third kappa shape index (κ3) is 2.06. The Bertz CT molecular complexity index is 389. The average Bonchev–Trinajstić information content (AvgIpc) is 2.26. The lowest BCUT2D eigenvalue weighted by Gasteiger charge is -2.21. The minimum absolute atomic E-state index is 0.229. The van der Waals surface area contributed by atoms with Crippen molar-refractivity contribution < 1.29 is 27.8 Å². The molecule has 0 saturated carbocycles. The van der Waals surface area contributed by atoms with Gasteiger partial charge in [-0.05, 0) is 17.7 Å². The van der Waals surface area contributed by atoms with Gasteiger partial charge in [0.2, 0.25) is 0 Å². The maximum absolute atomic E-state index is 12.2. The average molecular weight is 234 g/mol. The van der Waals surface area contributed by atoms with Crippen LogP contribution >= 0.6 is 0 Å². The summed E-state index contributed by atoms with van der Waals surface area (Å²) < 4.78 is 47.0. The Morgan fingerprint density at radius 2 is 1.75 bits per heavy atom. The molecule has 1 aliphatic heterocycles. The molecule has 1 N–H and O–H groups in total. The third-order valence-electron chi connectivity index (χ3n) is 2.19. The van der Waals surface area contributed by atoms with Crippen LogP contribution in [0.25, 0.3) is 0 Å². The third-order valence-corrected chi connectivity index (χ3v) is 2.19. The topological polar surface area (TPSA) is 38.7 Å². The number of rotatable bonds is 1. The molecule has 1 aliphatic rings.